The van der Waals surface area contributed by atoms with Gasteiger partial charge in [0.2, 0.25) is 14.7 Å². The summed E-state index contributed by atoms with van der Waals surface area (Å²) in [6.45, 7) is 1.65. The molecule has 0 aliphatic carbocycles. The summed E-state index contributed by atoms with van der Waals surface area (Å²) >= 11 is 7.32. The highest BCUT2D eigenvalue weighted by Gasteiger charge is 2.48. The van der Waals surface area contributed by atoms with E-state index in [0.717, 1.165) is 0 Å². The van der Waals surface area contributed by atoms with Crippen molar-refractivity contribution in [3.8, 4) is 0 Å². The molecule has 1 aromatic carbocycles. The second-order valence-electron chi connectivity index (χ2n) is 6.59. The van der Waals surface area contributed by atoms with Crippen molar-refractivity contribution < 1.29 is 21.4 Å². The van der Waals surface area contributed by atoms with Crippen LogP contribution in [0.5, 0.6) is 0 Å². The summed E-state index contributed by atoms with van der Waals surface area (Å²) in [6.07, 6.45) is 5.76. The van der Waals surface area contributed by atoms with Crippen LogP contribution in [0.2, 0.25) is 5.02 Å². The number of aliphatic imine (C=N–C) groups is 1. The van der Waals surface area contributed by atoms with E-state index in [1.807, 2.05) is 0 Å². The summed E-state index contributed by atoms with van der Waals surface area (Å²) < 4.78 is 57.5. The largest absolute Gasteiger partial charge is 0.286 e. The minimum absolute atomic E-state index is 0.0959. The van der Waals surface area contributed by atoms with Gasteiger partial charge in [0.1, 0.15) is 5.01 Å². The lowest BCUT2D eigenvalue weighted by Crippen LogP contribution is -2.31. The second kappa shape index (κ2) is 8.27. The number of rotatable bonds is 8. The van der Waals surface area contributed by atoms with Gasteiger partial charge in [-0.2, -0.15) is 8.42 Å². The topological polar surface area (TPSA) is 114 Å². The number of hydrogen-bond donors (Lipinski definition) is 1. The van der Waals surface area contributed by atoms with Gasteiger partial charge in [0.15, 0.2) is 0 Å². The van der Waals surface area contributed by atoms with E-state index in [4.69, 9.17) is 16.2 Å². The predicted molar refractivity (Wildman–Crippen MR) is 114 cm³/mol. The average Bonchev–Trinajstić information content (AvgIpc) is 3.30. The van der Waals surface area contributed by atoms with Crippen molar-refractivity contribution in [3.63, 3.8) is 0 Å². The molecule has 2 aromatic rings. The molecule has 0 fully saturated rings. The van der Waals surface area contributed by atoms with Crippen molar-refractivity contribution in [1.82, 2.24) is 4.98 Å². The zero-order valence-corrected chi connectivity index (χ0v) is 18.7. The molecule has 29 heavy (non-hydrogen) atoms. The summed E-state index contributed by atoms with van der Waals surface area (Å²) in [5.41, 5.74) is 1.10. The first-order valence-corrected chi connectivity index (χ1v) is 13.0. The monoisotopic (exact) mass is 474 g/mol. The number of aryl methyl sites for hydroxylation is 1. The van der Waals surface area contributed by atoms with Crippen molar-refractivity contribution in [2.24, 2.45) is 4.99 Å². The Morgan fingerprint density at radius 2 is 1.97 bits per heavy atom. The van der Waals surface area contributed by atoms with Gasteiger partial charge in [-0.3, -0.25) is 9.55 Å². The highest BCUT2D eigenvalue weighted by Crippen LogP contribution is 2.43. The third-order valence-corrected chi connectivity index (χ3v) is 9.17. The quantitative estimate of drug-likeness (QED) is 0.462. The van der Waals surface area contributed by atoms with Gasteiger partial charge in [-0.1, -0.05) is 17.7 Å². The molecule has 2 heterocycles. The lowest BCUT2D eigenvalue weighted by atomic mass is 10.2. The van der Waals surface area contributed by atoms with E-state index in [0.29, 0.717) is 34.1 Å². The van der Waals surface area contributed by atoms with E-state index >= 15 is 0 Å². The third kappa shape index (κ3) is 4.46. The molecule has 11 heteroatoms. The molecule has 0 radical (unpaired) electrons. The van der Waals surface area contributed by atoms with Crippen LogP contribution in [-0.2, 0) is 31.2 Å². The van der Waals surface area contributed by atoms with Crippen LogP contribution in [0, 0.1) is 6.92 Å². The molecule has 156 valence electrons. The number of unbranched alkanes of at least 4 members (excludes halogenated alkanes) is 1. The molecule has 1 aromatic heterocycles. The van der Waals surface area contributed by atoms with Crippen molar-refractivity contribution >= 4 is 49.1 Å². The number of nitrogens with zero attached hydrogens (tertiary/aromatic N) is 2. The van der Waals surface area contributed by atoms with Gasteiger partial charge in [0.05, 0.1) is 16.3 Å². The van der Waals surface area contributed by atoms with Crippen LogP contribution in [0.25, 0.3) is 0 Å². The fourth-order valence-electron chi connectivity index (χ4n) is 2.99. The Morgan fingerprint density at radius 1 is 1.21 bits per heavy atom. The molecule has 1 atom stereocenters. The molecule has 7 nitrogen and oxygen atoms in total. The fraction of sp³-hybridized carbons (Fsp3) is 0.333. The first-order chi connectivity index (χ1) is 13.6. The standard InChI is InChI=1S/C18H19ClN2O5S3/c1-13-15(19)7-4-8-16(13)29(25,26)18(9-5-10-20-18)17-21-14(12-27-17)6-2-3-11-28(22,23)24/h4-5,7-10,12H,2-3,6,11H2,1H3,(H,22,23,24). The van der Waals surface area contributed by atoms with Crippen LogP contribution in [0.3, 0.4) is 0 Å². The van der Waals surface area contributed by atoms with E-state index in [2.05, 4.69) is 9.98 Å². The first kappa shape index (κ1) is 22.1. The SMILES string of the molecule is Cc1c(Cl)cccc1S(=O)(=O)C1(c2nc(CCCCS(=O)(=O)O)cs2)C=CC=N1. The minimum atomic E-state index is -3.99. The Balaban J connectivity index is 1.91. The van der Waals surface area contributed by atoms with Crippen molar-refractivity contribution in [2.75, 3.05) is 5.75 Å². The summed E-state index contributed by atoms with van der Waals surface area (Å²) in [5.74, 6) is -0.316. The summed E-state index contributed by atoms with van der Waals surface area (Å²) in [5, 5.41) is 2.41. The molecule has 1 aliphatic heterocycles. The number of aromatic nitrogens is 1. The summed E-state index contributed by atoms with van der Waals surface area (Å²) in [4.78, 5) is 7.18. The maximum absolute atomic E-state index is 13.6. The van der Waals surface area contributed by atoms with Gasteiger partial charge >= 0.3 is 0 Å². The first-order valence-electron chi connectivity index (χ1n) is 8.70. The molecule has 1 unspecified atom stereocenters. The molecule has 0 amide bonds. The number of thiazole rings is 1. The van der Waals surface area contributed by atoms with Crippen molar-refractivity contribution in [3.05, 3.63) is 57.0 Å². The van der Waals surface area contributed by atoms with E-state index in [1.165, 1.54) is 29.7 Å². The van der Waals surface area contributed by atoms with Crippen LogP contribution in [0.15, 0.2) is 45.6 Å². The van der Waals surface area contributed by atoms with E-state index in [1.54, 1.807) is 30.5 Å². The average molecular weight is 475 g/mol. The van der Waals surface area contributed by atoms with Crippen LogP contribution >= 0.6 is 22.9 Å². The second-order valence-corrected chi connectivity index (χ2v) is 11.5. The minimum Gasteiger partial charge on any atom is -0.286 e. The smallest absolute Gasteiger partial charge is 0.264 e. The maximum atomic E-state index is 13.6. The predicted octanol–water partition coefficient (Wildman–Crippen LogP) is 3.58. The van der Waals surface area contributed by atoms with Gasteiger partial charge in [0, 0.05) is 16.6 Å². The number of allylic oxidation sites excluding steroid dienone is 1. The highest BCUT2D eigenvalue weighted by atomic mass is 35.5. The van der Waals surface area contributed by atoms with Crippen molar-refractivity contribution in [2.45, 2.75) is 36.0 Å². The number of sulfone groups is 1. The molecule has 3 rings (SSSR count). The zero-order valence-electron chi connectivity index (χ0n) is 15.4. The molecule has 0 spiro atoms. The summed E-state index contributed by atoms with van der Waals surface area (Å²) in [7, 11) is -7.96. The molecular formula is C18H19ClN2O5S3. The normalized spacial score (nSPS) is 19.1. The van der Waals surface area contributed by atoms with Gasteiger partial charge in [-0.15, -0.1) is 11.3 Å². The summed E-state index contributed by atoms with van der Waals surface area (Å²) in [6, 6.07) is 4.72. The number of halogens is 1. The van der Waals surface area contributed by atoms with Gasteiger partial charge in [-0.05, 0) is 56.0 Å². The third-order valence-electron chi connectivity index (χ3n) is 4.54. The van der Waals surface area contributed by atoms with E-state index < -0.39 is 24.8 Å². The lowest BCUT2D eigenvalue weighted by Gasteiger charge is -2.23. The van der Waals surface area contributed by atoms with Gasteiger partial charge in [0.25, 0.3) is 10.1 Å². The van der Waals surface area contributed by atoms with E-state index in [-0.39, 0.29) is 17.1 Å². The van der Waals surface area contributed by atoms with E-state index in [9.17, 15) is 16.8 Å². The van der Waals surface area contributed by atoms with Gasteiger partial charge in [-0.25, -0.2) is 13.4 Å². The zero-order chi connectivity index (χ0) is 21.3. The Bertz CT molecular complexity index is 1170. The lowest BCUT2D eigenvalue weighted by molar-refractivity contribution is 0.480. The Hall–Kier alpha value is -1.59. The highest BCUT2D eigenvalue weighted by molar-refractivity contribution is 7.92. The van der Waals surface area contributed by atoms with Gasteiger partial charge < -0.3 is 0 Å². The Morgan fingerprint density at radius 3 is 2.62 bits per heavy atom. The molecular weight excluding hydrogens is 456 g/mol. The van der Waals surface area contributed by atoms with Crippen LogP contribution in [0.4, 0.5) is 0 Å². The molecule has 0 bridgehead atoms. The van der Waals surface area contributed by atoms with Crippen LogP contribution in [-0.4, -0.2) is 38.3 Å². The Labute approximate surface area is 178 Å². The van der Waals surface area contributed by atoms with Crippen LogP contribution < -0.4 is 0 Å². The molecule has 0 saturated heterocycles. The molecule has 0 saturated carbocycles. The fourth-order valence-corrected chi connectivity index (χ4v) is 6.98. The maximum Gasteiger partial charge on any atom is 0.264 e. The number of benzene rings is 1. The van der Waals surface area contributed by atoms with Crippen LogP contribution in [0.1, 0.15) is 29.1 Å². The number of hydrogen-bond acceptors (Lipinski definition) is 7. The Kier molecular flexibility index (Phi) is 6.30. The van der Waals surface area contributed by atoms with Crippen molar-refractivity contribution in [1.29, 1.82) is 0 Å². The molecule has 1 aliphatic rings. The molecule has 1 N–H and O–H groups in total.